The topological polar surface area (TPSA) is 78.9 Å². The van der Waals surface area contributed by atoms with Gasteiger partial charge in [-0.1, -0.05) is 12.8 Å². The van der Waals surface area contributed by atoms with Crippen molar-refractivity contribution in [2.75, 3.05) is 20.3 Å². The molecule has 0 bridgehead atoms. The van der Waals surface area contributed by atoms with Crippen LogP contribution < -0.4 is 5.32 Å². The average molecular weight is 258 g/mol. The maximum absolute atomic E-state index is 12.0. The first-order chi connectivity index (χ1) is 8.56. The summed E-state index contributed by atoms with van der Waals surface area (Å²) in [5, 5.41) is 11.9. The molecule has 1 heterocycles. The number of likely N-dealkylation sites (tertiary alicyclic amines) is 1. The first kappa shape index (κ1) is 14.8. The van der Waals surface area contributed by atoms with Crippen molar-refractivity contribution >= 4 is 12.0 Å². The van der Waals surface area contributed by atoms with E-state index in [0.717, 1.165) is 19.3 Å². The number of carbonyl (C=O) groups is 2. The third-order valence-electron chi connectivity index (χ3n) is 3.09. The number of nitrogens with zero attached hydrogens (tertiary/aromatic N) is 1. The number of amides is 2. The lowest BCUT2D eigenvalue weighted by Crippen LogP contribution is -2.51. The number of rotatable bonds is 4. The number of hydrogen-bond acceptors (Lipinski definition) is 3. The Bertz CT molecular complexity index is 296. The van der Waals surface area contributed by atoms with Gasteiger partial charge in [-0.2, -0.15) is 0 Å². The van der Waals surface area contributed by atoms with Crippen molar-refractivity contribution in [1.82, 2.24) is 10.2 Å². The van der Waals surface area contributed by atoms with Crippen molar-refractivity contribution in [3.05, 3.63) is 0 Å². The van der Waals surface area contributed by atoms with Gasteiger partial charge in [-0.15, -0.1) is 0 Å². The van der Waals surface area contributed by atoms with E-state index in [1.54, 1.807) is 7.11 Å². The zero-order chi connectivity index (χ0) is 13.5. The predicted molar refractivity (Wildman–Crippen MR) is 66.5 cm³/mol. The second-order valence-corrected chi connectivity index (χ2v) is 4.70. The van der Waals surface area contributed by atoms with Gasteiger partial charge >= 0.3 is 12.0 Å². The maximum atomic E-state index is 12.0. The van der Waals surface area contributed by atoms with E-state index in [4.69, 9.17) is 4.74 Å². The zero-order valence-electron chi connectivity index (χ0n) is 11.0. The molecule has 1 aliphatic rings. The highest BCUT2D eigenvalue weighted by atomic mass is 16.5. The molecule has 1 aliphatic heterocycles. The fourth-order valence-electron chi connectivity index (χ4n) is 2.19. The van der Waals surface area contributed by atoms with Crippen LogP contribution in [0.3, 0.4) is 0 Å². The molecule has 1 saturated heterocycles. The van der Waals surface area contributed by atoms with Gasteiger partial charge in [0.05, 0.1) is 12.6 Å². The number of nitrogens with one attached hydrogen (secondary N) is 1. The number of carboxylic acids is 1. The summed E-state index contributed by atoms with van der Waals surface area (Å²) in [7, 11) is 1.56. The minimum absolute atomic E-state index is 0.125. The van der Waals surface area contributed by atoms with E-state index in [1.807, 2.05) is 6.92 Å². The summed E-state index contributed by atoms with van der Waals surface area (Å²) in [4.78, 5) is 24.7. The molecule has 0 aliphatic carbocycles. The highest BCUT2D eigenvalue weighted by Gasteiger charge is 2.31. The highest BCUT2D eigenvalue weighted by molar-refractivity contribution is 5.82. The van der Waals surface area contributed by atoms with E-state index in [-0.39, 0.29) is 12.1 Å². The second-order valence-electron chi connectivity index (χ2n) is 4.70. The Morgan fingerprint density at radius 2 is 2.17 bits per heavy atom. The molecule has 6 nitrogen and oxygen atoms in total. The van der Waals surface area contributed by atoms with Crippen LogP contribution in [-0.2, 0) is 9.53 Å². The molecule has 0 aromatic carbocycles. The lowest BCUT2D eigenvalue weighted by Gasteiger charge is -2.28. The van der Waals surface area contributed by atoms with Crippen LogP contribution in [0, 0.1) is 0 Å². The fraction of sp³-hybridized carbons (Fsp3) is 0.833. The number of aliphatic carboxylic acids is 1. The Morgan fingerprint density at radius 1 is 1.44 bits per heavy atom. The van der Waals surface area contributed by atoms with Gasteiger partial charge in [-0.05, 0) is 19.8 Å². The van der Waals surface area contributed by atoms with E-state index in [2.05, 4.69) is 5.32 Å². The lowest BCUT2D eigenvalue weighted by atomic mass is 10.1. The minimum atomic E-state index is -0.925. The third-order valence-corrected chi connectivity index (χ3v) is 3.09. The maximum Gasteiger partial charge on any atom is 0.326 e. The molecule has 0 saturated carbocycles. The first-order valence-electron chi connectivity index (χ1n) is 6.35. The molecule has 0 aromatic rings. The van der Waals surface area contributed by atoms with Crippen molar-refractivity contribution in [1.29, 1.82) is 0 Å². The lowest BCUT2D eigenvalue weighted by molar-refractivity contribution is -0.142. The molecule has 0 spiro atoms. The number of methoxy groups -OCH3 is 1. The van der Waals surface area contributed by atoms with Gasteiger partial charge in [0.25, 0.3) is 0 Å². The zero-order valence-corrected chi connectivity index (χ0v) is 11.0. The standard InChI is InChI=1S/C12H22N2O4/c1-9(8-18-2)13-12(17)14-7-5-3-4-6-10(14)11(15)16/h9-10H,3-8H2,1-2H3,(H,13,17)(H,15,16). The average Bonchev–Trinajstić information content (AvgIpc) is 2.54. The van der Waals surface area contributed by atoms with Crippen LogP contribution in [0.1, 0.15) is 32.6 Å². The van der Waals surface area contributed by atoms with Crippen molar-refractivity contribution in [3.8, 4) is 0 Å². The quantitative estimate of drug-likeness (QED) is 0.790. The molecule has 2 unspecified atom stereocenters. The van der Waals surface area contributed by atoms with Crippen LogP contribution in [-0.4, -0.2) is 54.4 Å². The Hall–Kier alpha value is -1.30. The number of urea groups is 1. The van der Waals surface area contributed by atoms with Crippen LogP contribution in [0.25, 0.3) is 0 Å². The normalized spacial score (nSPS) is 22.1. The van der Waals surface area contributed by atoms with Crippen molar-refractivity contribution in [2.24, 2.45) is 0 Å². The second kappa shape index (κ2) is 7.20. The Kier molecular flexibility index (Phi) is 5.91. The van der Waals surface area contributed by atoms with Crippen LogP contribution >= 0.6 is 0 Å². The molecular formula is C12H22N2O4. The monoisotopic (exact) mass is 258 g/mol. The number of ether oxygens (including phenoxy) is 1. The third kappa shape index (κ3) is 4.18. The van der Waals surface area contributed by atoms with Crippen molar-refractivity contribution in [2.45, 2.75) is 44.7 Å². The minimum Gasteiger partial charge on any atom is -0.480 e. The van der Waals surface area contributed by atoms with Crippen LogP contribution in [0.15, 0.2) is 0 Å². The van der Waals surface area contributed by atoms with Gasteiger partial charge in [-0.25, -0.2) is 9.59 Å². The molecule has 1 fully saturated rings. The van der Waals surface area contributed by atoms with E-state index < -0.39 is 12.0 Å². The molecule has 2 atom stereocenters. The largest absolute Gasteiger partial charge is 0.480 e. The van der Waals surface area contributed by atoms with Crippen LogP contribution in [0.4, 0.5) is 4.79 Å². The molecule has 104 valence electrons. The van der Waals surface area contributed by atoms with Crippen LogP contribution in [0.5, 0.6) is 0 Å². The summed E-state index contributed by atoms with van der Waals surface area (Å²) in [5.41, 5.74) is 0. The summed E-state index contributed by atoms with van der Waals surface area (Å²) >= 11 is 0. The van der Waals surface area contributed by atoms with Gasteiger partial charge < -0.3 is 20.1 Å². The molecule has 0 aromatic heterocycles. The smallest absolute Gasteiger partial charge is 0.326 e. The van der Waals surface area contributed by atoms with Crippen LogP contribution in [0.2, 0.25) is 0 Å². The number of hydrogen-bond donors (Lipinski definition) is 2. The molecule has 6 heteroatoms. The van der Waals surface area contributed by atoms with E-state index >= 15 is 0 Å². The fourth-order valence-corrected chi connectivity index (χ4v) is 2.19. The molecule has 18 heavy (non-hydrogen) atoms. The van der Waals surface area contributed by atoms with E-state index in [1.165, 1.54) is 4.90 Å². The van der Waals surface area contributed by atoms with Gasteiger partial charge in [0.15, 0.2) is 0 Å². The highest BCUT2D eigenvalue weighted by Crippen LogP contribution is 2.17. The number of carboxylic acid groups (broad SMARTS) is 1. The predicted octanol–water partition coefficient (Wildman–Crippen LogP) is 1.06. The molecule has 2 N–H and O–H groups in total. The SMILES string of the molecule is COCC(C)NC(=O)N1CCCCCC1C(=O)O. The van der Waals surface area contributed by atoms with Gasteiger partial charge in [0.1, 0.15) is 6.04 Å². The summed E-state index contributed by atoms with van der Waals surface area (Å²) in [6.45, 7) is 2.74. The Labute approximate surface area is 107 Å². The van der Waals surface area contributed by atoms with Gasteiger partial charge in [-0.3, -0.25) is 0 Å². The molecule has 1 rings (SSSR count). The summed E-state index contributed by atoms with van der Waals surface area (Å²) in [6.07, 6.45) is 3.22. The summed E-state index contributed by atoms with van der Waals surface area (Å²) in [6, 6.07) is -1.14. The first-order valence-corrected chi connectivity index (χ1v) is 6.35. The molecule has 2 amide bonds. The van der Waals surface area contributed by atoms with Crippen molar-refractivity contribution in [3.63, 3.8) is 0 Å². The molecular weight excluding hydrogens is 236 g/mol. The number of carbonyl (C=O) groups excluding carboxylic acids is 1. The summed E-state index contributed by atoms with van der Waals surface area (Å²) in [5.74, 6) is -0.925. The van der Waals surface area contributed by atoms with Crippen molar-refractivity contribution < 1.29 is 19.4 Å². The van der Waals surface area contributed by atoms with Gasteiger partial charge in [0.2, 0.25) is 0 Å². The Balaban J connectivity index is 2.63. The van der Waals surface area contributed by atoms with E-state index in [9.17, 15) is 14.7 Å². The van der Waals surface area contributed by atoms with Gasteiger partial charge in [0, 0.05) is 13.7 Å². The Morgan fingerprint density at radius 3 is 2.78 bits per heavy atom. The molecule has 0 radical (unpaired) electrons. The van der Waals surface area contributed by atoms with E-state index in [0.29, 0.717) is 19.6 Å². The summed E-state index contributed by atoms with van der Waals surface area (Å²) < 4.78 is 4.94.